The first kappa shape index (κ1) is 20.4. The van der Waals surface area contributed by atoms with E-state index >= 15 is 0 Å². The molecule has 1 aromatic carbocycles. The Hall–Kier alpha value is -1.60. The molecule has 0 unspecified atom stereocenters. The molecule has 0 aliphatic carbocycles. The number of thiazole rings is 1. The van der Waals surface area contributed by atoms with Crippen molar-refractivity contribution in [2.75, 3.05) is 6.54 Å². The van der Waals surface area contributed by atoms with Gasteiger partial charge in [-0.25, -0.2) is 4.98 Å². The van der Waals surface area contributed by atoms with E-state index in [0.29, 0.717) is 13.0 Å². The molecule has 1 amide bonds. The van der Waals surface area contributed by atoms with Crippen LogP contribution in [0.1, 0.15) is 10.6 Å². The predicted molar refractivity (Wildman–Crippen MR) is 103 cm³/mol. The number of carbonyl (C=O) groups excluding carboxylic acids is 1. The molecule has 0 aliphatic heterocycles. The number of halogens is 2. The highest BCUT2D eigenvalue weighted by Crippen LogP contribution is 2.18. The summed E-state index contributed by atoms with van der Waals surface area (Å²) in [5, 5.41) is 6.94. The van der Waals surface area contributed by atoms with Crippen LogP contribution in [-0.4, -0.2) is 28.5 Å². The summed E-state index contributed by atoms with van der Waals surface area (Å²) in [5.41, 5.74) is 8.15. The van der Waals surface area contributed by atoms with Gasteiger partial charge in [-0.2, -0.15) is 0 Å². The van der Waals surface area contributed by atoms with Crippen LogP contribution in [0.4, 0.5) is 0 Å². The Bertz CT molecular complexity index is 760. The van der Waals surface area contributed by atoms with Crippen LogP contribution in [-0.2, 0) is 17.6 Å². The molecule has 130 valence electrons. The highest BCUT2D eigenvalue weighted by Gasteiger charge is 2.15. The number of nitrogens with two attached hydrogens (primary N) is 1. The number of hydrogen-bond acceptors (Lipinski definition) is 4. The number of carbonyl (C=O) groups is 1. The molecular formula is C16H20Cl2N4OS. The van der Waals surface area contributed by atoms with Gasteiger partial charge in [0, 0.05) is 41.6 Å². The van der Waals surface area contributed by atoms with Crippen LogP contribution >= 0.6 is 36.2 Å². The van der Waals surface area contributed by atoms with Crippen molar-refractivity contribution in [2.45, 2.75) is 18.9 Å². The SMILES string of the molecule is Cl.Cl.N[C@@H](Cc1c[nH]c2ccccc12)C(=O)NCCc1nccs1. The third kappa shape index (κ3) is 4.95. The number of nitrogens with one attached hydrogen (secondary N) is 2. The quantitative estimate of drug-likeness (QED) is 0.608. The Balaban J connectivity index is 0.00000144. The van der Waals surface area contributed by atoms with Crippen molar-refractivity contribution in [1.29, 1.82) is 0 Å². The van der Waals surface area contributed by atoms with Crippen molar-refractivity contribution in [2.24, 2.45) is 5.73 Å². The lowest BCUT2D eigenvalue weighted by molar-refractivity contribution is -0.122. The lowest BCUT2D eigenvalue weighted by Gasteiger charge is -2.11. The third-order valence-electron chi connectivity index (χ3n) is 3.57. The second kappa shape index (κ2) is 9.64. The van der Waals surface area contributed by atoms with Gasteiger partial charge in [-0.05, 0) is 18.1 Å². The van der Waals surface area contributed by atoms with Gasteiger partial charge in [0.25, 0.3) is 0 Å². The molecule has 0 saturated heterocycles. The number of hydrogen-bond donors (Lipinski definition) is 3. The molecule has 0 radical (unpaired) electrons. The van der Waals surface area contributed by atoms with E-state index in [1.807, 2.05) is 35.8 Å². The summed E-state index contributed by atoms with van der Waals surface area (Å²) in [6.45, 7) is 0.563. The fourth-order valence-electron chi connectivity index (χ4n) is 2.43. The number of aromatic nitrogens is 2. The molecule has 0 aliphatic rings. The summed E-state index contributed by atoms with van der Waals surface area (Å²) < 4.78 is 0. The van der Waals surface area contributed by atoms with Gasteiger partial charge in [-0.3, -0.25) is 4.79 Å². The Morgan fingerprint density at radius 2 is 2.12 bits per heavy atom. The van der Waals surface area contributed by atoms with E-state index in [9.17, 15) is 4.79 Å². The number of H-pyrrole nitrogens is 1. The fourth-order valence-corrected chi connectivity index (χ4v) is 3.05. The second-order valence-electron chi connectivity index (χ2n) is 5.14. The number of para-hydroxylation sites is 1. The maximum absolute atomic E-state index is 12.1. The minimum Gasteiger partial charge on any atom is -0.361 e. The first-order valence-corrected chi connectivity index (χ1v) is 8.08. The average molecular weight is 387 g/mol. The van der Waals surface area contributed by atoms with Crippen molar-refractivity contribution in [3.05, 3.63) is 52.6 Å². The number of aromatic amines is 1. The summed E-state index contributed by atoms with van der Waals surface area (Å²) in [5.74, 6) is -0.123. The Labute approximate surface area is 156 Å². The number of nitrogens with zero attached hydrogens (tertiary/aromatic N) is 1. The van der Waals surface area contributed by atoms with Crippen molar-refractivity contribution in [1.82, 2.24) is 15.3 Å². The van der Waals surface area contributed by atoms with Gasteiger partial charge in [-0.15, -0.1) is 36.2 Å². The molecule has 4 N–H and O–H groups in total. The highest BCUT2D eigenvalue weighted by atomic mass is 35.5. The Morgan fingerprint density at radius 1 is 1.33 bits per heavy atom. The van der Waals surface area contributed by atoms with Crippen molar-refractivity contribution in [3.63, 3.8) is 0 Å². The molecular weight excluding hydrogens is 367 g/mol. The molecule has 5 nitrogen and oxygen atoms in total. The van der Waals surface area contributed by atoms with Gasteiger partial charge >= 0.3 is 0 Å². The maximum atomic E-state index is 12.1. The van der Waals surface area contributed by atoms with E-state index in [4.69, 9.17) is 5.73 Å². The van der Waals surface area contributed by atoms with Crippen LogP contribution in [0.5, 0.6) is 0 Å². The van der Waals surface area contributed by atoms with Crippen LogP contribution in [0, 0.1) is 0 Å². The van der Waals surface area contributed by atoms with E-state index < -0.39 is 6.04 Å². The smallest absolute Gasteiger partial charge is 0.237 e. The molecule has 2 heterocycles. The Morgan fingerprint density at radius 3 is 2.88 bits per heavy atom. The summed E-state index contributed by atoms with van der Waals surface area (Å²) in [7, 11) is 0. The Kier molecular flexibility index (Phi) is 8.21. The van der Waals surface area contributed by atoms with E-state index in [1.54, 1.807) is 17.5 Å². The molecule has 0 bridgehead atoms. The maximum Gasteiger partial charge on any atom is 0.237 e. The molecule has 8 heteroatoms. The number of rotatable bonds is 6. The van der Waals surface area contributed by atoms with Crippen molar-refractivity contribution >= 4 is 53.0 Å². The van der Waals surface area contributed by atoms with Gasteiger partial charge < -0.3 is 16.0 Å². The van der Waals surface area contributed by atoms with Gasteiger partial charge in [-0.1, -0.05) is 18.2 Å². The number of fused-ring (bicyclic) bond motifs is 1. The molecule has 2 aromatic heterocycles. The van der Waals surface area contributed by atoms with Crippen molar-refractivity contribution < 1.29 is 4.79 Å². The first-order chi connectivity index (χ1) is 10.7. The van der Waals surface area contributed by atoms with Crippen LogP contribution in [0.15, 0.2) is 42.0 Å². The lowest BCUT2D eigenvalue weighted by atomic mass is 10.1. The van der Waals surface area contributed by atoms with Gasteiger partial charge in [0.1, 0.15) is 0 Å². The summed E-state index contributed by atoms with van der Waals surface area (Å²) in [6.07, 6.45) is 4.95. The van der Waals surface area contributed by atoms with Crippen LogP contribution < -0.4 is 11.1 Å². The normalized spacial score (nSPS) is 11.4. The summed E-state index contributed by atoms with van der Waals surface area (Å²) in [6, 6.07) is 7.47. The zero-order chi connectivity index (χ0) is 15.4. The van der Waals surface area contributed by atoms with Crippen LogP contribution in [0.25, 0.3) is 10.9 Å². The fraction of sp³-hybridized carbons (Fsp3) is 0.250. The van der Waals surface area contributed by atoms with E-state index in [-0.39, 0.29) is 30.7 Å². The summed E-state index contributed by atoms with van der Waals surface area (Å²) >= 11 is 1.59. The minimum absolute atomic E-state index is 0. The number of amides is 1. The van der Waals surface area contributed by atoms with Gasteiger partial charge in [0.15, 0.2) is 0 Å². The average Bonchev–Trinajstić information content (AvgIpc) is 3.17. The van der Waals surface area contributed by atoms with Gasteiger partial charge in [0.05, 0.1) is 11.0 Å². The second-order valence-corrected chi connectivity index (χ2v) is 6.12. The van der Waals surface area contributed by atoms with Crippen LogP contribution in [0.3, 0.4) is 0 Å². The molecule has 0 fully saturated rings. The zero-order valence-corrected chi connectivity index (χ0v) is 15.3. The topological polar surface area (TPSA) is 83.8 Å². The monoisotopic (exact) mass is 386 g/mol. The first-order valence-electron chi connectivity index (χ1n) is 7.20. The third-order valence-corrected chi connectivity index (χ3v) is 4.41. The molecule has 3 aromatic rings. The standard InChI is InChI=1S/C16H18N4OS.2ClH/c17-13(16(21)19-6-5-15-18-7-8-22-15)9-11-10-20-14-4-2-1-3-12(11)14;;/h1-4,7-8,10,13,20H,5-6,9,17H2,(H,19,21);2*1H/t13-;;/m0../s1. The van der Waals surface area contributed by atoms with Crippen LogP contribution in [0.2, 0.25) is 0 Å². The van der Waals surface area contributed by atoms with E-state index in [0.717, 1.165) is 27.9 Å². The van der Waals surface area contributed by atoms with Crippen molar-refractivity contribution in [3.8, 4) is 0 Å². The molecule has 0 spiro atoms. The van der Waals surface area contributed by atoms with E-state index in [2.05, 4.69) is 15.3 Å². The van der Waals surface area contributed by atoms with E-state index in [1.165, 1.54) is 0 Å². The zero-order valence-electron chi connectivity index (χ0n) is 12.9. The molecule has 0 saturated carbocycles. The van der Waals surface area contributed by atoms with Gasteiger partial charge in [0.2, 0.25) is 5.91 Å². The number of benzene rings is 1. The lowest BCUT2D eigenvalue weighted by Crippen LogP contribution is -2.42. The highest BCUT2D eigenvalue weighted by molar-refractivity contribution is 7.09. The molecule has 24 heavy (non-hydrogen) atoms. The summed E-state index contributed by atoms with van der Waals surface area (Å²) in [4.78, 5) is 19.5. The predicted octanol–water partition coefficient (Wildman–Crippen LogP) is 2.70. The largest absolute Gasteiger partial charge is 0.361 e. The molecule has 1 atom stereocenters. The molecule has 3 rings (SSSR count). The minimum atomic E-state index is -0.546.